The van der Waals surface area contributed by atoms with Crippen molar-refractivity contribution in [3.63, 3.8) is 0 Å². The summed E-state index contributed by atoms with van der Waals surface area (Å²) in [5.41, 5.74) is 1.75. The van der Waals surface area contributed by atoms with Gasteiger partial charge < -0.3 is 0 Å². The fourth-order valence-corrected chi connectivity index (χ4v) is 2.55. The molecule has 2 aromatic rings. The van der Waals surface area contributed by atoms with Crippen LogP contribution in [0.4, 0.5) is 0 Å². The Morgan fingerprint density at radius 1 is 0.800 bits per heavy atom. The van der Waals surface area contributed by atoms with Crippen molar-refractivity contribution in [2.24, 2.45) is 0 Å². The van der Waals surface area contributed by atoms with Gasteiger partial charge in [-0.25, -0.2) is 0 Å². The van der Waals surface area contributed by atoms with Gasteiger partial charge in [0.15, 0.2) is 0 Å². The first kappa shape index (κ1) is 15.0. The first-order chi connectivity index (χ1) is 9.55. The zero-order valence-electron chi connectivity index (χ0n) is 10.7. The lowest BCUT2D eigenvalue weighted by molar-refractivity contribution is 0.566. The van der Waals surface area contributed by atoms with Crippen LogP contribution >= 0.6 is 11.6 Å². The number of rotatable bonds is 6. The van der Waals surface area contributed by atoms with Crippen molar-refractivity contribution in [1.82, 2.24) is 9.44 Å². The monoisotopic (exact) mass is 310 g/mol. The Balaban J connectivity index is 1.86. The van der Waals surface area contributed by atoms with E-state index >= 15 is 0 Å². The molecule has 4 nitrogen and oxygen atoms in total. The third kappa shape index (κ3) is 4.94. The second-order valence-corrected chi connectivity index (χ2v) is 6.28. The van der Waals surface area contributed by atoms with Gasteiger partial charge in [-0.2, -0.15) is 17.9 Å². The molecule has 2 aromatic carbocycles. The van der Waals surface area contributed by atoms with E-state index in [0.717, 1.165) is 11.1 Å². The van der Waals surface area contributed by atoms with Crippen LogP contribution in [0.2, 0.25) is 5.02 Å². The van der Waals surface area contributed by atoms with Crippen molar-refractivity contribution in [2.75, 3.05) is 0 Å². The van der Waals surface area contributed by atoms with E-state index in [0.29, 0.717) is 5.02 Å². The van der Waals surface area contributed by atoms with Gasteiger partial charge in [-0.1, -0.05) is 54.1 Å². The molecule has 0 radical (unpaired) electrons. The molecule has 6 heteroatoms. The summed E-state index contributed by atoms with van der Waals surface area (Å²) in [6.45, 7) is 0.484. The van der Waals surface area contributed by atoms with E-state index in [2.05, 4.69) is 9.44 Å². The van der Waals surface area contributed by atoms with Gasteiger partial charge in [0.25, 0.3) is 10.2 Å². The average Bonchev–Trinajstić information content (AvgIpc) is 2.46. The number of nitrogens with one attached hydrogen (secondary N) is 2. The Bertz CT molecular complexity index is 643. The summed E-state index contributed by atoms with van der Waals surface area (Å²) in [6.07, 6.45) is 0. The van der Waals surface area contributed by atoms with Crippen LogP contribution < -0.4 is 9.44 Å². The summed E-state index contributed by atoms with van der Waals surface area (Å²) in [5.74, 6) is 0. The summed E-state index contributed by atoms with van der Waals surface area (Å²) in [5, 5.41) is 0.624. The topological polar surface area (TPSA) is 58.2 Å². The van der Waals surface area contributed by atoms with Crippen LogP contribution in [-0.2, 0) is 23.3 Å². The van der Waals surface area contributed by atoms with Gasteiger partial charge in [-0.05, 0) is 23.3 Å². The average molecular weight is 311 g/mol. The highest BCUT2D eigenvalue weighted by molar-refractivity contribution is 7.87. The first-order valence-electron chi connectivity index (χ1n) is 6.08. The highest BCUT2D eigenvalue weighted by atomic mass is 35.5. The van der Waals surface area contributed by atoms with Crippen LogP contribution in [0.15, 0.2) is 54.6 Å². The Hall–Kier alpha value is -1.40. The van der Waals surface area contributed by atoms with E-state index < -0.39 is 10.2 Å². The smallest absolute Gasteiger partial charge is 0.198 e. The Morgan fingerprint density at radius 3 is 1.85 bits per heavy atom. The van der Waals surface area contributed by atoms with Crippen molar-refractivity contribution in [2.45, 2.75) is 13.1 Å². The lowest BCUT2D eigenvalue weighted by atomic mass is 10.2. The van der Waals surface area contributed by atoms with Gasteiger partial charge in [-0.15, -0.1) is 0 Å². The van der Waals surface area contributed by atoms with Gasteiger partial charge in [0.05, 0.1) is 0 Å². The molecule has 0 saturated carbocycles. The molecule has 0 bridgehead atoms. The largest absolute Gasteiger partial charge is 0.277 e. The van der Waals surface area contributed by atoms with Crippen LogP contribution in [-0.4, -0.2) is 8.42 Å². The zero-order chi connectivity index (χ0) is 14.4. The molecule has 20 heavy (non-hydrogen) atoms. The molecule has 2 rings (SSSR count). The van der Waals surface area contributed by atoms with E-state index in [-0.39, 0.29) is 13.1 Å². The molecule has 0 unspecified atom stereocenters. The lowest BCUT2D eigenvalue weighted by Gasteiger charge is -2.08. The predicted molar refractivity (Wildman–Crippen MR) is 80.5 cm³/mol. The van der Waals surface area contributed by atoms with Gasteiger partial charge in [0.1, 0.15) is 0 Å². The van der Waals surface area contributed by atoms with E-state index in [1.165, 1.54) is 0 Å². The predicted octanol–water partition coefficient (Wildman–Crippen LogP) is 2.46. The summed E-state index contributed by atoms with van der Waals surface area (Å²) < 4.78 is 28.6. The fraction of sp³-hybridized carbons (Fsp3) is 0.143. The highest BCUT2D eigenvalue weighted by Crippen LogP contribution is 2.09. The third-order valence-corrected chi connectivity index (χ3v) is 3.99. The summed E-state index contributed by atoms with van der Waals surface area (Å²) in [7, 11) is -3.52. The third-order valence-electron chi connectivity index (χ3n) is 2.69. The maximum absolute atomic E-state index is 11.8. The Labute approximate surface area is 124 Å². The molecule has 0 heterocycles. The molecular weight excluding hydrogens is 296 g/mol. The molecule has 0 atom stereocenters. The maximum atomic E-state index is 11.8. The standard InChI is InChI=1S/C14H15ClN2O2S/c15-14-8-6-13(7-9-14)11-17-20(18,19)16-10-12-4-2-1-3-5-12/h1-9,16-17H,10-11H2. The number of hydrogen-bond donors (Lipinski definition) is 2. The summed E-state index contributed by atoms with van der Waals surface area (Å²) in [6, 6.07) is 16.4. The van der Waals surface area contributed by atoms with E-state index in [1.807, 2.05) is 30.3 Å². The minimum Gasteiger partial charge on any atom is -0.198 e. The van der Waals surface area contributed by atoms with Crippen LogP contribution in [0.25, 0.3) is 0 Å². The highest BCUT2D eigenvalue weighted by Gasteiger charge is 2.08. The summed E-state index contributed by atoms with van der Waals surface area (Å²) in [4.78, 5) is 0. The van der Waals surface area contributed by atoms with Crippen LogP contribution in [0.5, 0.6) is 0 Å². The van der Waals surface area contributed by atoms with Gasteiger partial charge >= 0.3 is 0 Å². The maximum Gasteiger partial charge on any atom is 0.277 e. The molecule has 2 N–H and O–H groups in total. The quantitative estimate of drug-likeness (QED) is 0.861. The number of hydrogen-bond acceptors (Lipinski definition) is 2. The molecule has 0 aliphatic rings. The van der Waals surface area contributed by atoms with Crippen molar-refractivity contribution in [3.05, 3.63) is 70.7 Å². The molecule has 0 amide bonds. The van der Waals surface area contributed by atoms with Crippen molar-refractivity contribution >= 4 is 21.8 Å². The van der Waals surface area contributed by atoms with Gasteiger partial charge in [0, 0.05) is 18.1 Å². The molecule has 0 fully saturated rings. The molecule has 0 saturated heterocycles. The summed E-state index contributed by atoms with van der Waals surface area (Å²) >= 11 is 5.77. The van der Waals surface area contributed by atoms with Crippen molar-refractivity contribution in [1.29, 1.82) is 0 Å². The second-order valence-electron chi connectivity index (χ2n) is 4.26. The van der Waals surface area contributed by atoms with Crippen LogP contribution in [0.1, 0.15) is 11.1 Å². The molecule has 0 aliphatic heterocycles. The van der Waals surface area contributed by atoms with Crippen molar-refractivity contribution in [3.8, 4) is 0 Å². The fourth-order valence-electron chi connectivity index (χ4n) is 1.61. The molecule has 0 spiro atoms. The molecule has 0 aliphatic carbocycles. The lowest BCUT2D eigenvalue weighted by Crippen LogP contribution is -2.35. The van der Waals surface area contributed by atoms with E-state index in [9.17, 15) is 8.42 Å². The zero-order valence-corrected chi connectivity index (χ0v) is 12.3. The SMILES string of the molecule is O=S(=O)(NCc1ccccc1)NCc1ccc(Cl)cc1. The van der Waals surface area contributed by atoms with Crippen LogP contribution in [0, 0.1) is 0 Å². The number of benzene rings is 2. The molecule has 0 aromatic heterocycles. The first-order valence-corrected chi connectivity index (χ1v) is 7.94. The van der Waals surface area contributed by atoms with Gasteiger partial charge in [-0.3, -0.25) is 0 Å². The minimum absolute atomic E-state index is 0.224. The van der Waals surface area contributed by atoms with Gasteiger partial charge in [0.2, 0.25) is 0 Å². The second kappa shape index (κ2) is 6.85. The Kier molecular flexibility index (Phi) is 5.14. The van der Waals surface area contributed by atoms with E-state index in [1.54, 1.807) is 24.3 Å². The minimum atomic E-state index is -3.52. The molecular formula is C14H15ClN2O2S. The number of halogens is 1. The van der Waals surface area contributed by atoms with E-state index in [4.69, 9.17) is 11.6 Å². The van der Waals surface area contributed by atoms with Crippen molar-refractivity contribution < 1.29 is 8.42 Å². The normalized spacial score (nSPS) is 11.4. The van der Waals surface area contributed by atoms with Crippen LogP contribution in [0.3, 0.4) is 0 Å². The Morgan fingerprint density at radius 2 is 1.30 bits per heavy atom. The molecule has 106 valence electrons.